The van der Waals surface area contributed by atoms with E-state index in [4.69, 9.17) is 16.4 Å². The summed E-state index contributed by atoms with van der Waals surface area (Å²) in [5, 5.41) is 22.6. The smallest absolute Gasteiger partial charge is 0.280 e. The summed E-state index contributed by atoms with van der Waals surface area (Å²) in [5.41, 5.74) is 1.09. The molecular formula is C21H18ClF2N5O4. The van der Waals surface area contributed by atoms with Crippen molar-refractivity contribution in [2.45, 2.75) is 31.4 Å². The maximum atomic E-state index is 13.5. The summed E-state index contributed by atoms with van der Waals surface area (Å²) in [6, 6.07) is 6.46. The fraction of sp³-hybridized carbons (Fsp3) is 0.286. The number of nitrogens with zero attached hydrogens (tertiary/aromatic N) is 5. The number of aryl methyl sites for hydroxylation is 1. The van der Waals surface area contributed by atoms with Gasteiger partial charge in [0.2, 0.25) is 0 Å². The summed E-state index contributed by atoms with van der Waals surface area (Å²) in [7, 11) is 0. The molecule has 9 nitrogen and oxygen atoms in total. The first-order valence-electron chi connectivity index (χ1n) is 9.98. The highest BCUT2D eigenvalue weighted by atomic mass is 35.5. The van der Waals surface area contributed by atoms with Crippen LogP contribution >= 0.6 is 11.6 Å². The van der Waals surface area contributed by atoms with Crippen molar-refractivity contribution in [2.24, 2.45) is 0 Å². The lowest BCUT2D eigenvalue weighted by molar-refractivity contribution is -0.187. The van der Waals surface area contributed by atoms with Crippen LogP contribution in [0.3, 0.4) is 0 Å². The Morgan fingerprint density at radius 1 is 1.21 bits per heavy atom. The molecule has 0 spiro atoms. The molecule has 1 aliphatic heterocycles. The minimum absolute atomic E-state index is 0.0396. The molecule has 1 fully saturated rings. The Morgan fingerprint density at radius 2 is 1.97 bits per heavy atom. The van der Waals surface area contributed by atoms with Crippen LogP contribution in [0.1, 0.15) is 30.1 Å². The number of aliphatic hydroxyl groups excluding tert-OH is 1. The third-order valence-corrected chi connectivity index (χ3v) is 5.44. The van der Waals surface area contributed by atoms with E-state index in [0.717, 1.165) is 22.8 Å². The van der Waals surface area contributed by atoms with Crippen LogP contribution < -0.4 is 0 Å². The molecule has 0 aliphatic carbocycles. The van der Waals surface area contributed by atoms with Crippen molar-refractivity contribution in [3.05, 3.63) is 70.5 Å². The fourth-order valence-electron chi connectivity index (χ4n) is 3.65. The second kappa shape index (κ2) is 9.69. The lowest BCUT2D eigenvalue weighted by atomic mass is 10.00. The number of halogens is 3. The lowest BCUT2D eigenvalue weighted by Crippen LogP contribution is -2.42. The molecule has 0 saturated carbocycles. The highest BCUT2D eigenvalue weighted by Crippen LogP contribution is 2.26. The van der Waals surface area contributed by atoms with Gasteiger partial charge in [-0.3, -0.25) is 14.4 Å². The van der Waals surface area contributed by atoms with Crippen LogP contribution in [0.5, 0.6) is 0 Å². The summed E-state index contributed by atoms with van der Waals surface area (Å²) in [6.07, 6.45) is 0.0755. The predicted molar refractivity (Wildman–Crippen MR) is 110 cm³/mol. The zero-order valence-electron chi connectivity index (χ0n) is 17.1. The Kier molecular flexibility index (Phi) is 6.72. The number of benzene rings is 2. The van der Waals surface area contributed by atoms with E-state index in [9.17, 15) is 23.5 Å². The SMILES string of the molecule is O=C(CCc1cc(Cl)ccc1-n1cnnn1)[C@@H]1CCON1C(=O)C(O)c1cc(F)cc(F)c1. The predicted octanol–water partition coefficient (Wildman–Crippen LogP) is 2.36. The molecule has 12 heteroatoms. The Bertz CT molecular complexity index is 1160. The van der Waals surface area contributed by atoms with E-state index in [0.29, 0.717) is 16.8 Å². The maximum Gasteiger partial charge on any atom is 0.280 e. The normalized spacial score (nSPS) is 16.7. The van der Waals surface area contributed by atoms with E-state index in [2.05, 4.69) is 15.5 Å². The third-order valence-electron chi connectivity index (χ3n) is 5.21. The molecule has 2 aromatic carbocycles. The van der Waals surface area contributed by atoms with Crippen molar-refractivity contribution in [2.75, 3.05) is 6.61 Å². The van der Waals surface area contributed by atoms with Gasteiger partial charge in [-0.1, -0.05) is 11.6 Å². The molecule has 172 valence electrons. The first-order chi connectivity index (χ1) is 15.8. The summed E-state index contributed by atoms with van der Waals surface area (Å²) >= 11 is 6.10. The van der Waals surface area contributed by atoms with Gasteiger partial charge in [0.1, 0.15) is 24.0 Å². The molecule has 3 aromatic rings. The number of ketones is 1. The number of amides is 1. The number of carbonyl (C=O) groups is 2. The van der Waals surface area contributed by atoms with Crippen LogP contribution in [0, 0.1) is 11.6 Å². The number of carbonyl (C=O) groups excluding carboxylic acids is 2. The molecule has 1 unspecified atom stereocenters. The van der Waals surface area contributed by atoms with Crippen molar-refractivity contribution >= 4 is 23.3 Å². The summed E-state index contributed by atoms with van der Waals surface area (Å²) in [4.78, 5) is 30.9. The monoisotopic (exact) mass is 477 g/mol. The number of aromatic nitrogens is 4. The molecule has 2 atom stereocenters. The quantitative estimate of drug-likeness (QED) is 0.556. The zero-order valence-corrected chi connectivity index (χ0v) is 17.8. The standard InChI is InChI=1S/C21H18ClF2N5O4/c22-14-2-3-17(28-11-25-26-27-28)12(7-14)1-4-19(30)18-5-6-33-29(18)21(32)20(31)13-8-15(23)10-16(24)9-13/h2-3,7-11,18,20,31H,1,4-6H2/t18-,20?/m0/s1. The minimum atomic E-state index is -1.89. The van der Waals surface area contributed by atoms with Gasteiger partial charge < -0.3 is 5.11 Å². The molecule has 1 aromatic heterocycles. The molecule has 0 radical (unpaired) electrons. The van der Waals surface area contributed by atoms with Crippen molar-refractivity contribution in [1.29, 1.82) is 0 Å². The highest BCUT2D eigenvalue weighted by molar-refractivity contribution is 6.30. The van der Waals surface area contributed by atoms with Crippen LogP contribution in [0.2, 0.25) is 5.02 Å². The number of hydrogen-bond acceptors (Lipinski definition) is 7. The topological polar surface area (TPSA) is 110 Å². The average Bonchev–Trinajstić information content (AvgIpc) is 3.48. The van der Waals surface area contributed by atoms with Gasteiger partial charge in [0.25, 0.3) is 5.91 Å². The number of aliphatic hydroxyl groups is 1. The summed E-state index contributed by atoms with van der Waals surface area (Å²) in [6.45, 7) is 0.0828. The van der Waals surface area contributed by atoms with Crippen LogP contribution in [0.25, 0.3) is 5.69 Å². The summed E-state index contributed by atoms with van der Waals surface area (Å²) < 4.78 is 28.4. The first kappa shape index (κ1) is 22.9. The Balaban J connectivity index is 1.46. The largest absolute Gasteiger partial charge is 0.378 e. The van der Waals surface area contributed by atoms with Gasteiger partial charge in [-0.2, -0.15) is 0 Å². The van der Waals surface area contributed by atoms with E-state index >= 15 is 0 Å². The molecule has 1 N–H and O–H groups in total. The van der Waals surface area contributed by atoms with Crippen LogP contribution in [0.15, 0.2) is 42.7 Å². The van der Waals surface area contributed by atoms with E-state index in [1.54, 1.807) is 18.2 Å². The van der Waals surface area contributed by atoms with E-state index in [1.807, 2.05) is 0 Å². The second-order valence-corrected chi connectivity index (χ2v) is 7.84. The van der Waals surface area contributed by atoms with E-state index < -0.39 is 29.7 Å². The number of tetrazole rings is 1. The van der Waals surface area contributed by atoms with Gasteiger partial charge in [-0.05, 0) is 58.3 Å². The van der Waals surface area contributed by atoms with E-state index in [-0.39, 0.29) is 37.2 Å². The van der Waals surface area contributed by atoms with Gasteiger partial charge in [-0.25, -0.2) is 18.5 Å². The van der Waals surface area contributed by atoms with Crippen LogP contribution in [-0.4, -0.2) is 54.7 Å². The zero-order chi connectivity index (χ0) is 23.5. The van der Waals surface area contributed by atoms with Crippen molar-refractivity contribution in [3.63, 3.8) is 0 Å². The molecule has 1 saturated heterocycles. The molecule has 1 amide bonds. The maximum absolute atomic E-state index is 13.5. The second-order valence-electron chi connectivity index (χ2n) is 7.40. The average molecular weight is 478 g/mol. The molecule has 2 heterocycles. The number of rotatable bonds is 7. The molecule has 0 bridgehead atoms. The van der Waals surface area contributed by atoms with Crippen LogP contribution in [-0.2, 0) is 20.8 Å². The van der Waals surface area contributed by atoms with Gasteiger partial charge in [0.15, 0.2) is 11.9 Å². The summed E-state index contributed by atoms with van der Waals surface area (Å²) in [5.74, 6) is -3.16. The Labute approximate surface area is 191 Å². The van der Waals surface area contributed by atoms with Crippen molar-refractivity contribution in [1.82, 2.24) is 25.3 Å². The molecule has 4 rings (SSSR count). The Hall–Kier alpha value is -3.28. The van der Waals surface area contributed by atoms with Crippen molar-refractivity contribution < 1.29 is 28.3 Å². The number of hydroxylamine groups is 2. The molecular weight excluding hydrogens is 460 g/mol. The molecule has 33 heavy (non-hydrogen) atoms. The number of hydrogen-bond donors (Lipinski definition) is 1. The van der Waals surface area contributed by atoms with Crippen molar-refractivity contribution in [3.8, 4) is 5.69 Å². The van der Waals surface area contributed by atoms with Gasteiger partial charge >= 0.3 is 0 Å². The highest BCUT2D eigenvalue weighted by Gasteiger charge is 2.38. The van der Waals surface area contributed by atoms with Gasteiger partial charge in [0, 0.05) is 23.9 Å². The first-order valence-corrected chi connectivity index (χ1v) is 10.4. The van der Waals surface area contributed by atoms with E-state index in [1.165, 1.54) is 11.0 Å². The Morgan fingerprint density at radius 3 is 2.67 bits per heavy atom. The number of Topliss-reactive ketones (excluding diaryl/α,β-unsaturated/α-hetero) is 1. The van der Waals surface area contributed by atoms with Gasteiger partial charge in [0.05, 0.1) is 12.3 Å². The fourth-order valence-corrected chi connectivity index (χ4v) is 3.84. The molecule has 1 aliphatic rings. The minimum Gasteiger partial charge on any atom is -0.378 e. The van der Waals surface area contributed by atoms with Gasteiger partial charge in [-0.15, -0.1) is 5.10 Å². The third kappa shape index (κ3) is 5.05. The lowest BCUT2D eigenvalue weighted by Gasteiger charge is -2.24. The van der Waals surface area contributed by atoms with Crippen LogP contribution in [0.4, 0.5) is 8.78 Å².